The highest BCUT2D eigenvalue weighted by Gasteiger charge is 2.12. The van der Waals surface area contributed by atoms with Gasteiger partial charge in [-0.25, -0.2) is 0 Å². The third kappa shape index (κ3) is 2.59. The maximum Gasteiger partial charge on any atom is 0.0544 e. The van der Waals surface area contributed by atoms with Crippen molar-refractivity contribution in [3.63, 3.8) is 0 Å². The molecule has 0 radical (unpaired) electrons. The smallest absolute Gasteiger partial charge is 0.0544 e. The largest absolute Gasteiger partial charge is 0.298 e. The van der Waals surface area contributed by atoms with Crippen LogP contribution in [0.5, 0.6) is 0 Å². The molecule has 1 aliphatic heterocycles. The molecule has 1 aromatic carbocycles. The van der Waals surface area contributed by atoms with Crippen LogP contribution in [0.3, 0.4) is 0 Å². The van der Waals surface area contributed by atoms with Crippen molar-refractivity contribution in [1.29, 1.82) is 0 Å². The topological polar surface area (TPSA) is 16.1 Å². The standard InChI is InChI=1S/C16H18N2/c1-2-6-14(7-3-1)15-8-9-16(17-12-15)13-18-10-4-5-11-18/h1-3,6-9,12H,4-5,10-11,13H2. The summed E-state index contributed by atoms with van der Waals surface area (Å²) >= 11 is 0. The molecule has 1 saturated heterocycles. The molecule has 1 fully saturated rings. The Labute approximate surface area is 108 Å². The Kier molecular flexibility index (Phi) is 3.37. The average molecular weight is 238 g/mol. The average Bonchev–Trinajstić information content (AvgIpc) is 2.94. The van der Waals surface area contributed by atoms with Gasteiger partial charge in [-0.1, -0.05) is 36.4 Å². The maximum atomic E-state index is 4.58. The lowest BCUT2D eigenvalue weighted by Crippen LogP contribution is -2.18. The normalized spacial score (nSPS) is 16.0. The summed E-state index contributed by atoms with van der Waals surface area (Å²) in [5, 5.41) is 0. The zero-order valence-electron chi connectivity index (χ0n) is 10.5. The van der Waals surface area contributed by atoms with E-state index in [1.807, 2.05) is 12.3 Å². The van der Waals surface area contributed by atoms with Crippen molar-refractivity contribution in [1.82, 2.24) is 9.88 Å². The van der Waals surface area contributed by atoms with Gasteiger partial charge in [0.1, 0.15) is 0 Å². The molecule has 18 heavy (non-hydrogen) atoms. The highest BCUT2D eigenvalue weighted by molar-refractivity contribution is 5.62. The summed E-state index contributed by atoms with van der Waals surface area (Å²) in [5.74, 6) is 0. The summed E-state index contributed by atoms with van der Waals surface area (Å²) < 4.78 is 0. The Morgan fingerprint density at radius 2 is 1.67 bits per heavy atom. The minimum absolute atomic E-state index is 0.995. The summed E-state index contributed by atoms with van der Waals surface area (Å²) in [6.45, 7) is 3.44. The lowest BCUT2D eigenvalue weighted by Gasteiger charge is -2.13. The number of rotatable bonds is 3. The molecule has 2 nitrogen and oxygen atoms in total. The van der Waals surface area contributed by atoms with E-state index in [2.05, 4.69) is 46.3 Å². The molecule has 0 aliphatic carbocycles. The molecule has 0 bridgehead atoms. The highest BCUT2D eigenvalue weighted by Crippen LogP contribution is 2.18. The van der Waals surface area contributed by atoms with E-state index < -0.39 is 0 Å². The lowest BCUT2D eigenvalue weighted by molar-refractivity contribution is 0.327. The Balaban J connectivity index is 1.72. The fraction of sp³-hybridized carbons (Fsp3) is 0.312. The number of nitrogens with zero attached hydrogens (tertiary/aromatic N) is 2. The molecule has 0 unspecified atom stereocenters. The number of pyridine rings is 1. The molecule has 2 aromatic rings. The van der Waals surface area contributed by atoms with Crippen LogP contribution in [0.1, 0.15) is 18.5 Å². The predicted octanol–water partition coefficient (Wildman–Crippen LogP) is 3.34. The summed E-state index contributed by atoms with van der Waals surface area (Å²) in [5.41, 5.74) is 3.61. The molecular weight excluding hydrogens is 220 g/mol. The van der Waals surface area contributed by atoms with E-state index >= 15 is 0 Å². The van der Waals surface area contributed by atoms with Gasteiger partial charge in [-0.05, 0) is 37.6 Å². The van der Waals surface area contributed by atoms with Gasteiger partial charge in [0.15, 0.2) is 0 Å². The Morgan fingerprint density at radius 3 is 2.33 bits per heavy atom. The number of hydrogen-bond donors (Lipinski definition) is 0. The zero-order chi connectivity index (χ0) is 12.2. The van der Waals surface area contributed by atoms with Gasteiger partial charge >= 0.3 is 0 Å². The third-order valence-corrected chi connectivity index (χ3v) is 3.52. The van der Waals surface area contributed by atoms with E-state index in [0.717, 1.165) is 6.54 Å². The third-order valence-electron chi connectivity index (χ3n) is 3.52. The van der Waals surface area contributed by atoms with Crippen LogP contribution >= 0.6 is 0 Å². The lowest BCUT2D eigenvalue weighted by atomic mass is 10.1. The minimum atomic E-state index is 0.995. The molecular formula is C16H18N2. The Bertz CT molecular complexity index is 484. The number of likely N-dealkylation sites (tertiary alicyclic amines) is 1. The molecule has 1 aromatic heterocycles. The molecule has 0 spiro atoms. The summed E-state index contributed by atoms with van der Waals surface area (Å²) in [6, 6.07) is 14.7. The van der Waals surface area contributed by atoms with Gasteiger partial charge in [0.05, 0.1) is 5.69 Å². The molecule has 3 rings (SSSR count). The van der Waals surface area contributed by atoms with E-state index in [9.17, 15) is 0 Å². The highest BCUT2D eigenvalue weighted by atomic mass is 15.1. The van der Waals surface area contributed by atoms with Gasteiger partial charge in [-0.3, -0.25) is 9.88 Å². The van der Waals surface area contributed by atoms with Crippen molar-refractivity contribution >= 4 is 0 Å². The molecule has 2 heterocycles. The van der Waals surface area contributed by atoms with Gasteiger partial charge < -0.3 is 0 Å². The van der Waals surface area contributed by atoms with Crippen molar-refractivity contribution in [2.75, 3.05) is 13.1 Å². The first kappa shape index (κ1) is 11.4. The van der Waals surface area contributed by atoms with Crippen LogP contribution in [0.4, 0.5) is 0 Å². The Morgan fingerprint density at radius 1 is 0.889 bits per heavy atom. The molecule has 1 aliphatic rings. The van der Waals surface area contributed by atoms with Gasteiger partial charge in [0.2, 0.25) is 0 Å². The molecule has 0 N–H and O–H groups in total. The first-order valence-electron chi connectivity index (χ1n) is 6.64. The number of aromatic nitrogens is 1. The van der Waals surface area contributed by atoms with Gasteiger partial charge in [0.25, 0.3) is 0 Å². The number of hydrogen-bond acceptors (Lipinski definition) is 2. The van der Waals surface area contributed by atoms with E-state index in [-0.39, 0.29) is 0 Å². The van der Waals surface area contributed by atoms with Crippen molar-refractivity contribution in [2.24, 2.45) is 0 Å². The quantitative estimate of drug-likeness (QED) is 0.815. The monoisotopic (exact) mass is 238 g/mol. The van der Waals surface area contributed by atoms with Crippen molar-refractivity contribution < 1.29 is 0 Å². The summed E-state index contributed by atoms with van der Waals surface area (Å²) in [6.07, 6.45) is 4.66. The fourth-order valence-corrected chi connectivity index (χ4v) is 2.49. The van der Waals surface area contributed by atoms with Crippen LogP contribution < -0.4 is 0 Å². The Hall–Kier alpha value is -1.67. The van der Waals surface area contributed by atoms with Crippen LogP contribution in [0.25, 0.3) is 11.1 Å². The SMILES string of the molecule is c1ccc(-c2ccc(CN3CCCC3)nc2)cc1. The van der Waals surface area contributed by atoms with Crippen LogP contribution in [0.15, 0.2) is 48.7 Å². The van der Waals surface area contributed by atoms with E-state index in [4.69, 9.17) is 0 Å². The molecule has 0 amide bonds. The maximum absolute atomic E-state index is 4.58. The molecule has 92 valence electrons. The molecule has 0 saturated carbocycles. The minimum Gasteiger partial charge on any atom is -0.298 e. The number of benzene rings is 1. The molecule has 2 heteroatoms. The van der Waals surface area contributed by atoms with Crippen LogP contribution in [0, 0.1) is 0 Å². The van der Waals surface area contributed by atoms with Gasteiger partial charge in [-0.15, -0.1) is 0 Å². The second kappa shape index (κ2) is 5.32. The zero-order valence-corrected chi connectivity index (χ0v) is 10.5. The predicted molar refractivity (Wildman–Crippen MR) is 74.2 cm³/mol. The van der Waals surface area contributed by atoms with Crippen molar-refractivity contribution in [3.8, 4) is 11.1 Å². The van der Waals surface area contributed by atoms with Crippen molar-refractivity contribution in [3.05, 3.63) is 54.4 Å². The van der Waals surface area contributed by atoms with Crippen molar-refractivity contribution in [2.45, 2.75) is 19.4 Å². The fourth-order valence-electron chi connectivity index (χ4n) is 2.49. The van der Waals surface area contributed by atoms with Gasteiger partial charge in [0, 0.05) is 18.3 Å². The summed E-state index contributed by atoms with van der Waals surface area (Å²) in [4.78, 5) is 7.05. The first-order chi connectivity index (χ1) is 8.92. The van der Waals surface area contributed by atoms with Crippen LogP contribution in [-0.2, 0) is 6.54 Å². The second-order valence-electron chi connectivity index (χ2n) is 4.89. The van der Waals surface area contributed by atoms with Gasteiger partial charge in [-0.2, -0.15) is 0 Å². The van der Waals surface area contributed by atoms with Crippen LogP contribution in [-0.4, -0.2) is 23.0 Å². The molecule has 0 atom stereocenters. The van der Waals surface area contributed by atoms with E-state index in [1.165, 1.54) is 42.8 Å². The van der Waals surface area contributed by atoms with Crippen LogP contribution in [0.2, 0.25) is 0 Å². The summed E-state index contributed by atoms with van der Waals surface area (Å²) in [7, 11) is 0. The van der Waals surface area contributed by atoms with E-state index in [1.54, 1.807) is 0 Å². The second-order valence-corrected chi connectivity index (χ2v) is 4.89. The van der Waals surface area contributed by atoms with E-state index in [0.29, 0.717) is 0 Å². The first-order valence-corrected chi connectivity index (χ1v) is 6.64.